The lowest BCUT2D eigenvalue weighted by Crippen LogP contribution is -2.31. The van der Waals surface area contributed by atoms with Crippen LogP contribution in [0.4, 0.5) is 0 Å². The van der Waals surface area contributed by atoms with Gasteiger partial charge in [0.1, 0.15) is 0 Å². The highest BCUT2D eigenvalue weighted by Gasteiger charge is 2.31. The molecule has 0 aromatic rings. The van der Waals surface area contributed by atoms with Crippen LogP contribution >= 0.6 is 0 Å². The minimum absolute atomic E-state index is 0.140. The Bertz CT molecular complexity index is 380. The Kier molecular flexibility index (Phi) is 10.7. The van der Waals surface area contributed by atoms with Gasteiger partial charge in [-0.3, -0.25) is 0 Å². The summed E-state index contributed by atoms with van der Waals surface area (Å²) in [6, 6.07) is 3.00. The minimum atomic E-state index is -0.140. The second-order valence-corrected chi connectivity index (χ2v) is 9.47. The van der Waals surface area contributed by atoms with Crippen molar-refractivity contribution in [3.8, 4) is 6.07 Å². The van der Waals surface area contributed by atoms with Gasteiger partial charge >= 0.3 is 0 Å². The molecule has 0 spiro atoms. The zero-order valence-electron chi connectivity index (χ0n) is 17.3. The summed E-state index contributed by atoms with van der Waals surface area (Å²) in [7, 11) is 0. The van der Waals surface area contributed by atoms with E-state index in [2.05, 4.69) is 6.07 Å². The number of hydrogen-bond acceptors (Lipinski definition) is 2. The van der Waals surface area contributed by atoms with Gasteiger partial charge in [0.15, 0.2) is 0 Å². The maximum Gasteiger partial charge on any atom is 0.0690 e. The average molecular weight is 361 g/mol. The van der Waals surface area contributed by atoms with Crippen molar-refractivity contribution in [2.24, 2.45) is 17.1 Å². The number of rotatable bonds is 0. The Morgan fingerprint density at radius 3 is 1.58 bits per heavy atom. The highest BCUT2D eigenvalue weighted by molar-refractivity contribution is 5.00. The van der Waals surface area contributed by atoms with E-state index in [0.29, 0.717) is 0 Å². The van der Waals surface area contributed by atoms with Crippen LogP contribution in [0.3, 0.4) is 0 Å². The van der Waals surface area contributed by atoms with Crippen LogP contribution in [0.25, 0.3) is 0 Å². The molecule has 3 saturated carbocycles. The molecule has 0 aromatic carbocycles. The average Bonchev–Trinajstić information content (AvgIpc) is 2.63. The number of nitriles is 1. The lowest BCUT2D eigenvalue weighted by molar-refractivity contribution is 0.254. The topological polar surface area (TPSA) is 49.8 Å². The van der Waals surface area contributed by atoms with E-state index < -0.39 is 0 Å². The minimum Gasteiger partial charge on any atom is -0.328 e. The van der Waals surface area contributed by atoms with Gasteiger partial charge in [-0.2, -0.15) is 5.26 Å². The number of fused-ring (bicyclic) bond motifs is 18. The second kappa shape index (κ2) is 12.8. The van der Waals surface area contributed by atoms with E-state index in [4.69, 9.17) is 5.73 Å². The molecule has 26 heavy (non-hydrogen) atoms. The fourth-order valence-corrected chi connectivity index (χ4v) is 5.39. The summed E-state index contributed by atoms with van der Waals surface area (Å²) in [4.78, 5) is 0. The number of hydrogen-bond donors (Lipinski definition) is 1. The van der Waals surface area contributed by atoms with Crippen molar-refractivity contribution < 1.29 is 0 Å². The third kappa shape index (κ3) is 8.43. The van der Waals surface area contributed by atoms with Crippen LogP contribution < -0.4 is 5.73 Å². The number of nitrogens with zero attached hydrogens (tertiary/aromatic N) is 1. The van der Waals surface area contributed by atoms with Crippen molar-refractivity contribution in [3.63, 3.8) is 0 Å². The van der Waals surface area contributed by atoms with E-state index in [1.165, 1.54) is 103 Å². The van der Waals surface area contributed by atoms with Crippen molar-refractivity contribution in [3.05, 3.63) is 0 Å². The Labute approximate surface area is 163 Å². The first-order valence-corrected chi connectivity index (χ1v) is 11.9. The van der Waals surface area contributed by atoms with Crippen LogP contribution in [0.2, 0.25) is 0 Å². The van der Waals surface area contributed by atoms with Gasteiger partial charge in [0.05, 0.1) is 11.5 Å². The van der Waals surface area contributed by atoms with Crippen molar-refractivity contribution in [1.82, 2.24) is 0 Å². The van der Waals surface area contributed by atoms with Gasteiger partial charge in [-0.15, -0.1) is 0 Å². The molecule has 2 N–H and O–H groups in total. The van der Waals surface area contributed by atoms with Gasteiger partial charge in [0, 0.05) is 6.04 Å². The van der Waals surface area contributed by atoms with Crippen molar-refractivity contribution in [2.75, 3.05) is 0 Å². The molecule has 0 amide bonds. The molecule has 3 aliphatic carbocycles. The third-order valence-electron chi connectivity index (χ3n) is 7.11. The molecule has 2 heteroatoms. The Hall–Kier alpha value is -0.550. The van der Waals surface area contributed by atoms with E-state index in [1.807, 2.05) is 0 Å². The molecule has 150 valence electrons. The Balaban J connectivity index is 2.06. The Morgan fingerprint density at radius 1 is 0.615 bits per heavy atom. The normalized spacial score (nSPS) is 34.5. The SMILES string of the molecule is N#CC12CCCCCCCC(CCCCCCC1)CCCCCC(N)C2. The molecule has 1 unspecified atom stereocenters. The predicted octanol–water partition coefficient (Wildman–Crippen LogP) is 7.27. The fourth-order valence-electron chi connectivity index (χ4n) is 5.39. The standard InChI is InChI=1S/C24H44N2/c25-21-24-18-12-5-1-3-8-14-22(15-9-4-2-6-13-19-24)16-10-7-11-17-23(26)20-24/h22-23H,1-20,26H2. The summed E-state index contributed by atoms with van der Waals surface area (Å²) < 4.78 is 0. The molecule has 0 aromatic heterocycles. The van der Waals surface area contributed by atoms with Crippen molar-refractivity contribution in [1.29, 1.82) is 5.26 Å². The molecular formula is C24H44N2. The van der Waals surface area contributed by atoms with Gasteiger partial charge in [0.25, 0.3) is 0 Å². The first-order chi connectivity index (χ1) is 12.7. The quantitative estimate of drug-likeness (QED) is 0.494. The molecule has 0 heterocycles. The molecule has 2 bridgehead atoms. The molecular weight excluding hydrogens is 316 g/mol. The lowest BCUT2D eigenvalue weighted by atomic mass is 9.73. The summed E-state index contributed by atoms with van der Waals surface area (Å²) in [5.74, 6) is 0.982. The summed E-state index contributed by atoms with van der Waals surface area (Å²) in [5.41, 5.74) is 6.37. The monoisotopic (exact) mass is 360 g/mol. The molecule has 3 fully saturated rings. The molecule has 0 aliphatic heterocycles. The van der Waals surface area contributed by atoms with Crippen LogP contribution in [-0.4, -0.2) is 6.04 Å². The van der Waals surface area contributed by atoms with E-state index >= 15 is 0 Å². The number of nitrogens with two attached hydrogens (primary N) is 1. The van der Waals surface area contributed by atoms with Crippen molar-refractivity contribution >= 4 is 0 Å². The lowest BCUT2D eigenvalue weighted by Gasteiger charge is -2.30. The summed E-state index contributed by atoms with van der Waals surface area (Å²) in [6.07, 6.45) is 26.0. The zero-order chi connectivity index (χ0) is 18.5. The van der Waals surface area contributed by atoms with E-state index in [0.717, 1.165) is 31.6 Å². The summed E-state index contributed by atoms with van der Waals surface area (Å²) >= 11 is 0. The predicted molar refractivity (Wildman–Crippen MR) is 112 cm³/mol. The smallest absolute Gasteiger partial charge is 0.0690 e. The molecule has 2 nitrogen and oxygen atoms in total. The summed E-state index contributed by atoms with van der Waals surface area (Å²) in [5, 5.41) is 10.1. The Morgan fingerprint density at radius 2 is 1.04 bits per heavy atom. The molecule has 0 radical (unpaired) electrons. The highest BCUT2D eigenvalue weighted by Crippen LogP contribution is 2.37. The third-order valence-corrected chi connectivity index (χ3v) is 7.11. The fraction of sp³-hybridized carbons (Fsp3) is 0.958. The second-order valence-electron chi connectivity index (χ2n) is 9.47. The van der Waals surface area contributed by atoms with Crippen LogP contribution in [-0.2, 0) is 0 Å². The van der Waals surface area contributed by atoms with Crippen molar-refractivity contribution in [2.45, 2.75) is 134 Å². The van der Waals surface area contributed by atoms with Crippen LogP contribution in [0.1, 0.15) is 128 Å². The summed E-state index contributed by atoms with van der Waals surface area (Å²) in [6.45, 7) is 0. The van der Waals surface area contributed by atoms with Crippen LogP contribution in [0, 0.1) is 22.7 Å². The molecule has 0 saturated heterocycles. The van der Waals surface area contributed by atoms with Gasteiger partial charge in [-0.05, 0) is 31.6 Å². The van der Waals surface area contributed by atoms with Crippen LogP contribution in [0.5, 0.6) is 0 Å². The van der Waals surface area contributed by atoms with Crippen LogP contribution in [0.15, 0.2) is 0 Å². The maximum absolute atomic E-state index is 10.1. The van der Waals surface area contributed by atoms with E-state index in [1.54, 1.807) is 0 Å². The molecule has 3 rings (SSSR count). The molecule has 1 atom stereocenters. The van der Waals surface area contributed by atoms with E-state index in [9.17, 15) is 5.26 Å². The van der Waals surface area contributed by atoms with Gasteiger partial charge in [0.2, 0.25) is 0 Å². The van der Waals surface area contributed by atoms with Gasteiger partial charge in [-0.1, -0.05) is 103 Å². The first kappa shape index (κ1) is 21.7. The maximum atomic E-state index is 10.1. The van der Waals surface area contributed by atoms with Gasteiger partial charge in [-0.25, -0.2) is 0 Å². The zero-order valence-corrected chi connectivity index (χ0v) is 17.3. The largest absolute Gasteiger partial charge is 0.328 e. The first-order valence-electron chi connectivity index (χ1n) is 11.9. The van der Waals surface area contributed by atoms with Gasteiger partial charge < -0.3 is 5.73 Å². The van der Waals surface area contributed by atoms with E-state index in [-0.39, 0.29) is 11.5 Å². The highest BCUT2D eigenvalue weighted by atomic mass is 14.6. The molecule has 3 aliphatic rings.